The van der Waals surface area contributed by atoms with Crippen LogP contribution in [0.5, 0.6) is 5.75 Å². The minimum absolute atomic E-state index is 0.0771. The van der Waals surface area contributed by atoms with Crippen molar-refractivity contribution in [1.82, 2.24) is 9.62 Å². The van der Waals surface area contributed by atoms with Gasteiger partial charge in [0.15, 0.2) is 0 Å². The Morgan fingerprint density at radius 3 is 2.41 bits per heavy atom. The van der Waals surface area contributed by atoms with E-state index in [4.69, 9.17) is 4.74 Å². The molecule has 34 heavy (non-hydrogen) atoms. The number of benzene rings is 2. The number of nitrogens with zero attached hydrogens (tertiary/aromatic N) is 1. The molecule has 8 nitrogen and oxygen atoms in total. The van der Waals surface area contributed by atoms with Crippen LogP contribution in [0.2, 0.25) is 0 Å². The molecule has 1 fully saturated rings. The van der Waals surface area contributed by atoms with Crippen LogP contribution in [0, 0.1) is 11.8 Å². The molecule has 1 aliphatic rings. The van der Waals surface area contributed by atoms with Gasteiger partial charge in [0.1, 0.15) is 11.8 Å². The minimum Gasteiger partial charge on any atom is -0.497 e. The largest absolute Gasteiger partial charge is 0.497 e. The van der Waals surface area contributed by atoms with E-state index in [1.54, 1.807) is 24.3 Å². The molecule has 2 aromatic carbocycles. The lowest BCUT2D eigenvalue weighted by atomic mass is 9.94. The van der Waals surface area contributed by atoms with E-state index in [0.29, 0.717) is 37.2 Å². The normalized spacial score (nSPS) is 18.5. The van der Waals surface area contributed by atoms with Crippen molar-refractivity contribution in [2.75, 3.05) is 25.5 Å². The molecule has 2 amide bonds. The van der Waals surface area contributed by atoms with Crippen LogP contribution in [0.4, 0.5) is 5.69 Å². The van der Waals surface area contributed by atoms with E-state index in [0.717, 1.165) is 0 Å². The van der Waals surface area contributed by atoms with Crippen molar-refractivity contribution in [3.05, 3.63) is 54.6 Å². The number of carbonyl (C=O) groups excluding carboxylic acids is 2. The summed E-state index contributed by atoms with van der Waals surface area (Å²) in [4.78, 5) is 26.3. The fourth-order valence-electron chi connectivity index (χ4n) is 3.99. The van der Waals surface area contributed by atoms with Crippen molar-refractivity contribution >= 4 is 27.5 Å². The molecule has 0 aliphatic carbocycles. The third kappa shape index (κ3) is 6.15. The molecule has 0 unspecified atom stereocenters. The van der Waals surface area contributed by atoms with Crippen LogP contribution < -0.4 is 15.4 Å². The summed E-state index contributed by atoms with van der Waals surface area (Å²) < 4.78 is 32.7. The summed E-state index contributed by atoms with van der Waals surface area (Å²) in [6.45, 7) is 4.30. The Hall–Kier alpha value is -2.91. The number of nitrogens with one attached hydrogen (secondary N) is 2. The van der Waals surface area contributed by atoms with Gasteiger partial charge in [-0.25, -0.2) is 8.42 Å². The number of amides is 2. The lowest BCUT2D eigenvalue weighted by Crippen LogP contribution is -2.52. The predicted molar refractivity (Wildman–Crippen MR) is 131 cm³/mol. The molecule has 2 N–H and O–H groups in total. The van der Waals surface area contributed by atoms with E-state index in [-0.39, 0.29) is 29.2 Å². The molecule has 1 heterocycles. The Morgan fingerprint density at radius 2 is 1.79 bits per heavy atom. The maximum absolute atomic E-state index is 13.1. The molecular weight excluding hydrogens is 454 g/mol. The van der Waals surface area contributed by atoms with Crippen LogP contribution in [0.1, 0.15) is 33.1 Å². The molecule has 1 aliphatic heterocycles. The van der Waals surface area contributed by atoms with Gasteiger partial charge in [-0.1, -0.05) is 38.5 Å². The second-order valence-corrected chi connectivity index (χ2v) is 10.5. The number of methoxy groups -OCH3 is 1. The second kappa shape index (κ2) is 11.5. The van der Waals surface area contributed by atoms with Crippen LogP contribution in [0.3, 0.4) is 0 Å². The highest BCUT2D eigenvalue weighted by atomic mass is 32.2. The third-order valence-electron chi connectivity index (χ3n) is 6.29. The van der Waals surface area contributed by atoms with Gasteiger partial charge in [-0.2, -0.15) is 4.31 Å². The van der Waals surface area contributed by atoms with Crippen molar-refractivity contribution in [1.29, 1.82) is 0 Å². The number of hydrogen-bond donors (Lipinski definition) is 2. The topological polar surface area (TPSA) is 105 Å². The molecule has 9 heteroatoms. The first-order chi connectivity index (χ1) is 16.3. The van der Waals surface area contributed by atoms with E-state index in [2.05, 4.69) is 10.6 Å². The van der Waals surface area contributed by atoms with Crippen LogP contribution in [-0.4, -0.2) is 50.8 Å². The average Bonchev–Trinajstić information content (AvgIpc) is 2.87. The van der Waals surface area contributed by atoms with Gasteiger partial charge in [0.25, 0.3) is 0 Å². The first kappa shape index (κ1) is 25.7. The highest BCUT2D eigenvalue weighted by Gasteiger charge is 2.35. The zero-order valence-electron chi connectivity index (χ0n) is 19.9. The molecular formula is C25H33N3O5S. The number of carbonyl (C=O) groups is 2. The zero-order valence-corrected chi connectivity index (χ0v) is 20.7. The zero-order chi connectivity index (χ0) is 24.7. The predicted octanol–water partition coefficient (Wildman–Crippen LogP) is 3.27. The van der Waals surface area contributed by atoms with Crippen molar-refractivity contribution < 1.29 is 22.7 Å². The maximum Gasteiger partial charge on any atom is 0.247 e. The number of sulfonamides is 1. The molecule has 184 valence electrons. The third-order valence-corrected chi connectivity index (χ3v) is 8.17. The van der Waals surface area contributed by atoms with Crippen molar-refractivity contribution in [3.63, 3.8) is 0 Å². The van der Waals surface area contributed by atoms with E-state index < -0.39 is 22.0 Å². The molecule has 2 aromatic rings. The number of piperidine rings is 1. The smallest absolute Gasteiger partial charge is 0.247 e. The summed E-state index contributed by atoms with van der Waals surface area (Å²) in [6.07, 6.45) is 1.83. The molecule has 0 aromatic heterocycles. The Morgan fingerprint density at radius 1 is 1.12 bits per heavy atom. The van der Waals surface area contributed by atoms with E-state index >= 15 is 0 Å². The average molecular weight is 488 g/mol. The molecule has 0 spiro atoms. The summed E-state index contributed by atoms with van der Waals surface area (Å²) in [5, 5.41) is 5.75. The van der Waals surface area contributed by atoms with E-state index in [1.165, 1.54) is 23.5 Å². The molecule has 1 saturated heterocycles. The van der Waals surface area contributed by atoms with Crippen molar-refractivity contribution in [2.24, 2.45) is 11.8 Å². The van der Waals surface area contributed by atoms with Gasteiger partial charge < -0.3 is 15.4 Å². The summed E-state index contributed by atoms with van der Waals surface area (Å²) in [5.41, 5.74) is 0.657. The molecule has 0 radical (unpaired) electrons. The number of hydrogen-bond acceptors (Lipinski definition) is 5. The number of para-hydroxylation sites is 1. The Bertz CT molecular complexity index is 1070. The Kier molecular flexibility index (Phi) is 8.68. The first-order valence-corrected chi connectivity index (χ1v) is 13.0. The van der Waals surface area contributed by atoms with Gasteiger partial charge in [-0.05, 0) is 55.2 Å². The van der Waals surface area contributed by atoms with Gasteiger partial charge in [0.2, 0.25) is 21.8 Å². The van der Waals surface area contributed by atoms with Gasteiger partial charge in [0, 0.05) is 18.8 Å². The summed E-state index contributed by atoms with van der Waals surface area (Å²) in [6, 6.07) is 14.6. The van der Waals surface area contributed by atoms with Crippen LogP contribution >= 0.6 is 0 Å². The van der Waals surface area contributed by atoms with Crippen LogP contribution in [0.15, 0.2) is 59.5 Å². The summed E-state index contributed by atoms with van der Waals surface area (Å²) in [7, 11) is -2.22. The number of ether oxygens (including phenoxy) is 1. The van der Waals surface area contributed by atoms with Crippen LogP contribution in [-0.2, 0) is 19.6 Å². The Labute approximate surface area is 201 Å². The second-order valence-electron chi connectivity index (χ2n) is 8.60. The summed E-state index contributed by atoms with van der Waals surface area (Å²) >= 11 is 0. The Balaban J connectivity index is 1.70. The number of anilines is 1. The highest BCUT2D eigenvalue weighted by molar-refractivity contribution is 7.89. The van der Waals surface area contributed by atoms with Crippen LogP contribution in [0.25, 0.3) is 0 Å². The maximum atomic E-state index is 13.1. The van der Waals surface area contributed by atoms with E-state index in [1.807, 2.05) is 32.0 Å². The molecule has 0 saturated carbocycles. The lowest BCUT2D eigenvalue weighted by Gasteiger charge is -2.33. The lowest BCUT2D eigenvalue weighted by molar-refractivity contribution is -0.131. The van der Waals surface area contributed by atoms with Gasteiger partial charge in [-0.3, -0.25) is 9.59 Å². The number of rotatable bonds is 9. The van der Waals surface area contributed by atoms with Gasteiger partial charge in [-0.15, -0.1) is 0 Å². The van der Waals surface area contributed by atoms with Gasteiger partial charge in [0.05, 0.1) is 17.9 Å². The molecule has 0 bridgehead atoms. The minimum atomic E-state index is -3.74. The van der Waals surface area contributed by atoms with Crippen molar-refractivity contribution in [2.45, 2.75) is 44.0 Å². The molecule has 3 atom stereocenters. The summed E-state index contributed by atoms with van der Waals surface area (Å²) in [5.74, 6) is -0.636. The molecule has 3 rings (SSSR count). The quantitative estimate of drug-likeness (QED) is 0.565. The first-order valence-electron chi connectivity index (χ1n) is 11.6. The monoisotopic (exact) mass is 487 g/mol. The van der Waals surface area contributed by atoms with Gasteiger partial charge >= 0.3 is 0 Å². The highest BCUT2D eigenvalue weighted by Crippen LogP contribution is 2.25. The fraction of sp³-hybridized carbons (Fsp3) is 0.440. The fourth-order valence-corrected chi connectivity index (χ4v) is 5.51. The van der Waals surface area contributed by atoms with Crippen molar-refractivity contribution in [3.8, 4) is 5.75 Å². The van der Waals surface area contributed by atoms with E-state index in [9.17, 15) is 18.0 Å². The standard InChI is InChI=1S/C25H33N3O5S/c1-4-18(2)23(25(30)26-20-10-6-5-7-11-20)27-24(29)19-9-8-16-28(17-19)34(31,32)22-14-12-21(33-3)13-15-22/h5-7,10-15,18-19,23H,4,8-9,16-17H2,1-3H3,(H,26,30)(H,27,29)/t18-,19-,23-/m0/s1. The SMILES string of the molecule is CC[C@H](C)[C@H](NC(=O)[C@H]1CCCN(S(=O)(=O)c2ccc(OC)cc2)C1)C(=O)Nc1ccccc1.